The van der Waals surface area contributed by atoms with E-state index in [9.17, 15) is 4.79 Å². The fraction of sp³-hybridized carbons (Fsp3) is 0.500. The molecule has 0 heterocycles. The first-order valence-corrected chi connectivity index (χ1v) is 8.04. The van der Waals surface area contributed by atoms with Crippen LogP contribution in [0.2, 0.25) is 0 Å². The number of unbranched alkanes of at least 4 members (excludes halogenated alkanes) is 2. The van der Waals surface area contributed by atoms with Crippen LogP contribution in [0.25, 0.3) is 0 Å². The van der Waals surface area contributed by atoms with Crippen LogP contribution in [0.15, 0.2) is 33.6 Å². The zero-order chi connectivity index (χ0) is 13.2. The van der Waals surface area contributed by atoms with Crippen LogP contribution in [0.4, 0.5) is 0 Å². The van der Waals surface area contributed by atoms with Gasteiger partial charge in [-0.25, -0.2) is 0 Å². The van der Waals surface area contributed by atoms with E-state index >= 15 is 0 Å². The fourth-order valence-electron chi connectivity index (χ4n) is 1.50. The van der Waals surface area contributed by atoms with Gasteiger partial charge in [0, 0.05) is 15.8 Å². The van der Waals surface area contributed by atoms with Crippen molar-refractivity contribution in [3.05, 3.63) is 28.7 Å². The molecule has 0 bridgehead atoms. The summed E-state index contributed by atoms with van der Waals surface area (Å²) in [4.78, 5) is 12.4. The molecular formula is C14H19BrO2S. The van der Waals surface area contributed by atoms with Crippen LogP contribution in [-0.4, -0.2) is 18.3 Å². The first-order valence-electron chi connectivity index (χ1n) is 6.26. The number of ether oxygens (including phenoxy) is 1. The molecule has 0 N–H and O–H groups in total. The SMILES string of the molecule is CCOC(=O)CCCCCSc1ccc(Br)cc1. The third-order valence-corrected chi connectivity index (χ3v) is 4.04. The molecule has 0 saturated carbocycles. The van der Waals surface area contributed by atoms with Gasteiger partial charge in [0.15, 0.2) is 0 Å². The minimum atomic E-state index is -0.0712. The summed E-state index contributed by atoms with van der Waals surface area (Å²) in [5.41, 5.74) is 0. The summed E-state index contributed by atoms with van der Waals surface area (Å²) >= 11 is 5.28. The van der Waals surface area contributed by atoms with Crippen LogP contribution in [0.1, 0.15) is 32.6 Å². The minimum Gasteiger partial charge on any atom is -0.466 e. The van der Waals surface area contributed by atoms with E-state index in [1.807, 2.05) is 18.7 Å². The van der Waals surface area contributed by atoms with Crippen molar-refractivity contribution in [1.82, 2.24) is 0 Å². The Balaban J connectivity index is 2.02. The third kappa shape index (κ3) is 7.07. The van der Waals surface area contributed by atoms with Crippen LogP contribution in [0.3, 0.4) is 0 Å². The maximum atomic E-state index is 11.1. The molecule has 1 aromatic rings. The van der Waals surface area contributed by atoms with Crippen molar-refractivity contribution in [3.63, 3.8) is 0 Å². The molecule has 0 saturated heterocycles. The van der Waals surface area contributed by atoms with Crippen molar-refractivity contribution in [2.75, 3.05) is 12.4 Å². The molecular weight excluding hydrogens is 312 g/mol. The highest BCUT2D eigenvalue weighted by atomic mass is 79.9. The molecule has 4 heteroatoms. The number of thioether (sulfide) groups is 1. The Morgan fingerprint density at radius 2 is 1.94 bits per heavy atom. The average molecular weight is 331 g/mol. The lowest BCUT2D eigenvalue weighted by molar-refractivity contribution is -0.143. The van der Waals surface area contributed by atoms with Crippen molar-refractivity contribution in [1.29, 1.82) is 0 Å². The maximum Gasteiger partial charge on any atom is 0.305 e. The number of esters is 1. The molecule has 1 aromatic carbocycles. The number of halogens is 1. The van der Waals surface area contributed by atoms with Crippen molar-refractivity contribution >= 4 is 33.7 Å². The van der Waals surface area contributed by atoms with Gasteiger partial charge in [-0.15, -0.1) is 11.8 Å². The monoisotopic (exact) mass is 330 g/mol. The van der Waals surface area contributed by atoms with Crippen LogP contribution in [0.5, 0.6) is 0 Å². The van der Waals surface area contributed by atoms with Gasteiger partial charge in [0.25, 0.3) is 0 Å². The predicted molar refractivity (Wildman–Crippen MR) is 80.0 cm³/mol. The van der Waals surface area contributed by atoms with Crippen LogP contribution < -0.4 is 0 Å². The number of rotatable bonds is 8. The Labute approximate surface area is 122 Å². The molecule has 100 valence electrons. The molecule has 1 rings (SSSR count). The Morgan fingerprint density at radius 1 is 1.22 bits per heavy atom. The maximum absolute atomic E-state index is 11.1. The van der Waals surface area contributed by atoms with Crippen LogP contribution >= 0.6 is 27.7 Å². The van der Waals surface area contributed by atoms with Gasteiger partial charge < -0.3 is 4.74 Å². The predicted octanol–water partition coefficient (Wildman–Crippen LogP) is 4.66. The second kappa shape index (κ2) is 9.45. The van der Waals surface area contributed by atoms with Crippen molar-refractivity contribution in [2.45, 2.75) is 37.5 Å². The van der Waals surface area contributed by atoms with E-state index in [-0.39, 0.29) is 5.97 Å². The van der Waals surface area contributed by atoms with Gasteiger partial charge in [-0.05, 0) is 49.8 Å². The summed E-state index contributed by atoms with van der Waals surface area (Å²) in [6.45, 7) is 2.32. The van der Waals surface area contributed by atoms with Crippen molar-refractivity contribution in [2.24, 2.45) is 0 Å². The first-order chi connectivity index (χ1) is 8.72. The molecule has 0 unspecified atom stereocenters. The molecule has 0 aromatic heterocycles. The Hall–Kier alpha value is -0.480. The minimum absolute atomic E-state index is 0.0712. The number of carbonyl (C=O) groups excluding carboxylic acids is 1. The van der Waals surface area contributed by atoms with Crippen molar-refractivity contribution in [3.8, 4) is 0 Å². The summed E-state index contributed by atoms with van der Waals surface area (Å²) in [5, 5.41) is 0. The van der Waals surface area contributed by atoms with E-state index in [1.54, 1.807) is 0 Å². The van der Waals surface area contributed by atoms with Gasteiger partial charge in [-0.3, -0.25) is 4.79 Å². The molecule has 0 aliphatic carbocycles. The quantitative estimate of drug-likeness (QED) is 0.393. The Morgan fingerprint density at radius 3 is 2.61 bits per heavy atom. The molecule has 0 spiro atoms. The topological polar surface area (TPSA) is 26.3 Å². The summed E-state index contributed by atoms with van der Waals surface area (Å²) in [6.07, 6.45) is 3.71. The highest BCUT2D eigenvalue weighted by Gasteiger charge is 2.00. The number of hydrogen-bond acceptors (Lipinski definition) is 3. The smallest absolute Gasteiger partial charge is 0.305 e. The second-order valence-corrected chi connectivity index (χ2v) is 6.00. The van der Waals surface area contributed by atoms with Crippen LogP contribution in [-0.2, 0) is 9.53 Å². The second-order valence-electron chi connectivity index (χ2n) is 3.92. The highest BCUT2D eigenvalue weighted by Crippen LogP contribution is 2.21. The summed E-state index contributed by atoms with van der Waals surface area (Å²) in [5.74, 6) is 1.03. The lowest BCUT2D eigenvalue weighted by atomic mass is 10.2. The standard InChI is InChI=1S/C14H19BrO2S/c1-2-17-14(16)6-4-3-5-11-18-13-9-7-12(15)8-10-13/h7-10H,2-6,11H2,1H3. The van der Waals surface area contributed by atoms with Gasteiger partial charge in [-0.1, -0.05) is 22.4 Å². The average Bonchev–Trinajstić information content (AvgIpc) is 2.36. The Bertz CT molecular complexity index is 351. The summed E-state index contributed by atoms with van der Waals surface area (Å²) in [6, 6.07) is 8.35. The highest BCUT2D eigenvalue weighted by molar-refractivity contribution is 9.10. The molecule has 0 fully saturated rings. The van der Waals surface area contributed by atoms with Gasteiger partial charge in [0.2, 0.25) is 0 Å². The van der Waals surface area contributed by atoms with Gasteiger partial charge >= 0.3 is 5.97 Å². The van der Waals surface area contributed by atoms with E-state index in [4.69, 9.17) is 4.74 Å². The van der Waals surface area contributed by atoms with E-state index in [1.165, 1.54) is 4.90 Å². The third-order valence-electron chi connectivity index (χ3n) is 2.41. The lowest BCUT2D eigenvalue weighted by Crippen LogP contribution is -2.03. The zero-order valence-corrected chi connectivity index (χ0v) is 13.1. The van der Waals surface area contributed by atoms with E-state index in [0.717, 1.165) is 29.5 Å². The fourth-order valence-corrected chi connectivity index (χ4v) is 2.68. The molecule has 0 amide bonds. The number of carbonyl (C=O) groups is 1. The number of hydrogen-bond donors (Lipinski definition) is 0. The lowest BCUT2D eigenvalue weighted by Gasteiger charge is -2.03. The molecule has 18 heavy (non-hydrogen) atoms. The Kier molecular flexibility index (Phi) is 8.18. The van der Waals surface area contributed by atoms with E-state index < -0.39 is 0 Å². The van der Waals surface area contributed by atoms with E-state index in [2.05, 4.69) is 40.2 Å². The first kappa shape index (κ1) is 15.6. The van der Waals surface area contributed by atoms with Gasteiger partial charge in [0.1, 0.15) is 0 Å². The molecule has 0 aliphatic heterocycles. The van der Waals surface area contributed by atoms with E-state index in [0.29, 0.717) is 13.0 Å². The number of benzene rings is 1. The molecule has 0 aliphatic rings. The summed E-state index contributed by atoms with van der Waals surface area (Å²) < 4.78 is 5.99. The van der Waals surface area contributed by atoms with Gasteiger partial charge in [0.05, 0.1) is 6.61 Å². The largest absolute Gasteiger partial charge is 0.466 e. The zero-order valence-electron chi connectivity index (χ0n) is 10.7. The van der Waals surface area contributed by atoms with Crippen LogP contribution in [0, 0.1) is 0 Å². The van der Waals surface area contributed by atoms with Crippen molar-refractivity contribution < 1.29 is 9.53 Å². The van der Waals surface area contributed by atoms with Gasteiger partial charge in [-0.2, -0.15) is 0 Å². The molecule has 0 radical (unpaired) electrons. The molecule has 2 nitrogen and oxygen atoms in total. The normalized spacial score (nSPS) is 10.3. The summed E-state index contributed by atoms with van der Waals surface area (Å²) in [7, 11) is 0. The molecule has 0 atom stereocenters.